The second-order valence-corrected chi connectivity index (χ2v) is 9.94. The van der Waals surface area contributed by atoms with Crippen LogP contribution in [0.3, 0.4) is 0 Å². The number of halogens is 1. The summed E-state index contributed by atoms with van der Waals surface area (Å²) in [6.45, 7) is 2.64. The maximum absolute atomic E-state index is 14.0. The van der Waals surface area contributed by atoms with Gasteiger partial charge in [-0.15, -0.1) is 16.9 Å². The van der Waals surface area contributed by atoms with Gasteiger partial charge in [0.05, 0.1) is 34.8 Å². The van der Waals surface area contributed by atoms with Crippen LogP contribution in [0.25, 0.3) is 16.6 Å². The topological polar surface area (TPSA) is 107 Å². The fourth-order valence-electron chi connectivity index (χ4n) is 5.05. The molecule has 4 aromatic rings. The number of hydrogen-bond acceptors (Lipinski definition) is 7. The molecule has 6 rings (SSSR count). The first-order valence-corrected chi connectivity index (χ1v) is 12.0. The molecule has 2 atom stereocenters. The second-order valence-electron chi connectivity index (χ2n) is 8.69. The van der Waals surface area contributed by atoms with E-state index < -0.39 is 0 Å². The van der Waals surface area contributed by atoms with Crippen LogP contribution in [0, 0.1) is 12.7 Å². The number of aromatic nitrogens is 6. The van der Waals surface area contributed by atoms with Gasteiger partial charge in [0, 0.05) is 30.6 Å². The molecule has 3 aromatic heterocycles. The molecule has 11 heteroatoms. The van der Waals surface area contributed by atoms with Crippen molar-refractivity contribution in [2.24, 2.45) is 0 Å². The van der Waals surface area contributed by atoms with E-state index in [1.54, 1.807) is 13.1 Å². The zero-order valence-corrected chi connectivity index (χ0v) is 19.1. The second kappa shape index (κ2) is 7.41. The Morgan fingerprint density at radius 2 is 2.15 bits per heavy atom. The molecular weight excluding hydrogens is 443 g/mol. The fraction of sp³-hybridized carbons (Fsp3) is 0.409. The van der Waals surface area contributed by atoms with E-state index in [1.807, 2.05) is 28.4 Å². The molecule has 5 heterocycles. The van der Waals surface area contributed by atoms with Gasteiger partial charge in [0.25, 0.3) is 5.91 Å². The Hall–Kier alpha value is -3.21. The fourth-order valence-corrected chi connectivity index (χ4v) is 6.52. The van der Waals surface area contributed by atoms with Gasteiger partial charge in [-0.05, 0) is 37.5 Å². The number of benzene rings is 1. The molecule has 0 saturated heterocycles. The SMILES string of the molecule is Cc1cc(F)cc2c1nc(N)n1nc(CCC[C@@H]3C4SCCn5ncc(c54)C(=O)N3C)nc21. The van der Waals surface area contributed by atoms with Gasteiger partial charge >= 0.3 is 0 Å². The third kappa shape index (κ3) is 3.09. The van der Waals surface area contributed by atoms with E-state index in [2.05, 4.69) is 20.2 Å². The number of fused-ring (bicyclic) bond motifs is 3. The highest BCUT2D eigenvalue weighted by Crippen LogP contribution is 2.44. The van der Waals surface area contributed by atoms with Crippen LogP contribution in [0.4, 0.5) is 10.3 Å². The molecule has 1 amide bonds. The predicted molar refractivity (Wildman–Crippen MR) is 124 cm³/mol. The first-order valence-electron chi connectivity index (χ1n) is 11.0. The Morgan fingerprint density at radius 3 is 3.00 bits per heavy atom. The number of hydrogen-bond donors (Lipinski definition) is 1. The lowest BCUT2D eigenvalue weighted by molar-refractivity contribution is 0.0689. The third-order valence-corrected chi connectivity index (χ3v) is 7.96. The highest BCUT2D eigenvalue weighted by Gasteiger charge is 2.42. The molecule has 33 heavy (non-hydrogen) atoms. The van der Waals surface area contributed by atoms with E-state index in [1.165, 1.54) is 16.6 Å². The summed E-state index contributed by atoms with van der Waals surface area (Å²) in [6, 6.07) is 2.95. The standard InChI is InChI=1S/C22H23FN8OS/c1-11-8-12(23)9-13-17(11)27-22(24)31-20(13)26-16(28-31)5-3-4-15-19-18-14(21(32)29(15)2)10-25-30(18)6-7-33-19/h8-10,15,19H,3-7H2,1-2H3,(H2,24,27)/t15-,19?/m1/s1. The van der Waals surface area contributed by atoms with Crippen LogP contribution in [-0.4, -0.2) is 59.0 Å². The average Bonchev–Trinajstić information content (AvgIpc) is 3.41. The largest absolute Gasteiger partial charge is 0.368 e. The summed E-state index contributed by atoms with van der Waals surface area (Å²) in [5, 5.41) is 9.77. The van der Waals surface area contributed by atoms with Crippen molar-refractivity contribution in [2.75, 3.05) is 18.5 Å². The number of amides is 1. The Morgan fingerprint density at radius 1 is 1.30 bits per heavy atom. The number of carbonyl (C=O) groups is 1. The lowest BCUT2D eigenvalue weighted by atomic mass is 9.95. The highest BCUT2D eigenvalue weighted by molar-refractivity contribution is 7.99. The molecular formula is C22H23FN8OS. The van der Waals surface area contributed by atoms with Crippen molar-refractivity contribution in [3.05, 3.63) is 46.8 Å². The van der Waals surface area contributed by atoms with Crippen LogP contribution in [0.2, 0.25) is 0 Å². The number of rotatable bonds is 4. The molecule has 0 aliphatic carbocycles. The van der Waals surface area contributed by atoms with E-state index in [-0.39, 0.29) is 29.0 Å². The van der Waals surface area contributed by atoms with E-state index in [9.17, 15) is 9.18 Å². The van der Waals surface area contributed by atoms with Gasteiger partial charge in [-0.25, -0.2) is 14.4 Å². The zero-order chi connectivity index (χ0) is 22.9. The maximum atomic E-state index is 14.0. The van der Waals surface area contributed by atoms with Gasteiger partial charge in [-0.3, -0.25) is 9.48 Å². The summed E-state index contributed by atoms with van der Waals surface area (Å²) in [5.41, 5.74) is 9.75. The number of likely N-dealkylation sites (N-methyl/N-ethyl adjacent to an activating group) is 1. The molecule has 0 saturated carbocycles. The Kier molecular flexibility index (Phi) is 4.58. The summed E-state index contributed by atoms with van der Waals surface area (Å²) in [6.07, 6.45) is 3.96. The van der Waals surface area contributed by atoms with Crippen molar-refractivity contribution in [3.8, 4) is 0 Å². The quantitative estimate of drug-likeness (QED) is 0.493. The van der Waals surface area contributed by atoms with E-state index in [4.69, 9.17) is 5.73 Å². The molecule has 1 aromatic carbocycles. The van der Waals surface area contributed by atoms with Crippen LogP contribution in [0.5, 0.6) is 0 Å². The number of aryl methyl sites for hydroxylation is 3. The lowest BCUT2D eigenvalue weighted by Gasteiger charge is -2.40. The average molecular weight is 467 g/mol. The number of thioether (sulfide) groups is 1. The summed E-state index contributed by atoms with van der Waals surface area (Å²) < 4.78 is 17.5. The normalized spacial score (nSPS) is 20.1. The van der Waals surface area contributed by atoms with Crippen LogP contribution >= 0.6 is 11.8 Å². The van der Waals surface area contributed by atoms with Crippen molar-refractivity contribution in [1.82, 2.24) is 34.3 Å². The summed E-state index contributed by atoms with van der Waals surface area (Å²) in [7, 11) is 1.88. The first kappa shape index (κ1) is 20.4. The monoisotopic (exact) mass is 466 g/mol. The van der Waals surface area contributed by atoms with Crippen molar-refractivity contribution in [3.63, 3.8) is 0 Å². The minimum Gasteiger partial charge on any atom is -0.368 e. The van der Waals surface area contributed by atoms with Crippen molar-refractivity contribution in [1.29, 1.82) is 0 Å². The molecule has 170 valence electrons. The Bertz CT molecular complexity index is 1430. The first-order chi connectivity index (χ1) is 15.9. The number of anilines is 1. The van der Waals surface area contributed by atoms with Crippen LogP contribution < -0.4 is 5.73 Å². The van der Waals surface area contributed by atoms with Gasteiger partial charge in [-0.1, -0.05) is 0 Å². The molecule has 0 radical (unpaired) electrons. The van der Waals surface area contributed by atoms with Crippen molar-refractivity contribution >= 4 is 40.2 Å². The van der Waals surface area contributed by atoms with E-state index in [0.717, 1.165) is 36.4 Å². The van der Waals surface area contributed by atoms with Gasteiger partial charge < -0.3 is 10.6 Å². The zero-order valence-electron chi connectivity index (χ0n) is 18.3. The minimum absolute atomic E-state index is 0.0357. The van der Waals surface area contributed by atoms with E-state index in [0.29, 0.717) is 34.4 Å². The highest BCUT2D eigenvalue weighted by atomic mass is 32.2. The maximum Gasteiger partial charge on any atom is 0.257 e. The van der Waals surface area contributed by atoms with Crippen molar-refractivity contribution < 1.29 is 9.18 Å². The number of nitrogens with zero attached hydrogens (tertiary/aromatic N) is 7. The Balaban J connectivity index is 1.26. The van der Waals surface area contributed by atoms with Gasteiger partial charge in [0.2, 0.25) is 5.95 Å². The molecule has 2 aliphatic rings. The van der Waals surface area contributed by atoms with Crippen LogP contribution in [0.15, 0.2) is 18.3 Å². The number of nitrogens with two attached hydrogens (primary N) is 1. The molecule has 2 N–H and O–H groups in total. The molecule has 0 fully saturated rings. The molecule has 0 spiro atoms. The third-order valence-electron chi connectivity index (χ3n) is 6.65. The van der Waals surface area contributed by atoms with Gasteiger partial charge in [0.15, 0.2) is 11.5 Å². The minimum atomic E-state index is -0.341. The number of nitrogen functional groups attached to an aromatic ring is 1. The lowest BCUT2D eigenvalue weighted by Crippen LogP contribution is -2.46. The summed E-state index contributed by atoms with van der Waals surface area (Å²) in [4.78, 5) is 23.8. The molecule has 0 bridgehead atoms. The van der Waals surface area contributed by atoms with Crippen LogP contribution in [-0.2, 0) is 13.0 Å². The summed E-state index contributed by atoms with van der Waals surface area (Å²) >= 11 is 1.90. The van der Waals surface area contributed by atoms with Crippen molar-refractivity contribution in [2.45, 2.75) is 44.0 Å². The van der Waals surface area contributed by atoms with Crippen LogP contribution in [0.1, 0.15) is 45.5 Å². The predicted octanol–water partition coefficient (Wildman–Crippen LogP) is 2.77. The van der Waals surface area contributed by atoms with E-state index >= 15 is 0 Å². The van der Waals surface area contributed by atoms with Gasteiger partial charge in [-0.2, -0.15) is 9.61 Å². The molecule has 1 unspecified atom stereocenters. The smallest absolute Gasteiger partial charge is 0.257 e. The van der Waals surface area contributed by atoms with Gasteiger partial charge in [0.1, 0.15) is 5.82 Å². The molecule has 9 nitrogen and oxygen atoms in total. The number of carbonyl (C=O) groups excluding carboxylic acids is 1. The Labute approximate surface area is 193 Å². The summed E-state index contributed by atoms with van der Waals surface area (Å²) in [5.74, 6) is 1.54. The molecule has 2 aliphatic heterocycles.